The van der Waals surface area contributed by atoms with Crippen LogP contribution in [0.25, 0.3) is 0 Å². The third kappa shape index (κ3) is 3.85. The number of amides is 1. The summed E-state index contributed by atoms with van der Waals surface area (Å²) in [5.41, 5.74) is 2.13. The molecule has 0 fully saturated rings. The lowest BCUT2D eigenvalue weighted by Crippen LogP contribution is -2.23. The van der Waals surface area contributed by atoms with E-state index in [1.807, 2.05) is 31.2 Å². The van der Waals surface area contributed by atoms with Crippen LogP contribution >= 0.6 is 0 Å². The second-order valence-electron chi connectivity index (χ2n) is 5.89. The number of nitrogens with zero attached hydrogens (tertiary/aromatic N) is 1. The number of aromatic nitrogens is 1. The van der Waals surface area contributed by atoms with Crippen LogP contribution in [0.5, 0.6) is 0 Å². The molecule has 132 valence electrons. The molecule has 0 saturated carbocycles. The molecule has 2 aromatic carbocycles. The quantitative estimate of drug-likeness (QED) is 0.776. The second kappa shape index (κ2) is 7.31. The number of pyridine rings is 1. The van der Waals surface area contributed by atoms with Crippen molar-refractivity contribution in [2.75, 3.05) is 5.32 Å². The van der Waals surface area contributed by atoms with E-state index in [0.717, 1.165) is 23.3 Å². The molecule has 3 aromatic rings. The Hall–Kier alpha value is -3.28. The fraction of sp³-hybridized carbons (Fsp3) is 0.100. The van der Waals surface area contributed by atoms with Gasteiger partial charge >= 0.3 is 0 Å². The molecular weight excluding hydrogens is 338 g/mol. The maximum absolute atomic E-state index is 13.3. The first-order valence-corrected chi connectivity index (χ1v) is 7.95. The van der Waals surface area contributed by atoms with Gasteiger partial charge in [-0.25, -0.2) is 8.78 Å². The summed E-state index contributed by atoms with van der Waals surface area (Å²) in [6.45, 7) is 2.28. The largest absolute Gasteiger partial charge is 0.322 e. The Morgan fingerprint density at radius 2 is 1.81 bits per heavy atom. The SMILES string of the molecule is Cc1ccccc1Cn1cc(C(=O)Nc2ccc(F)c(F)c2)ccc1=O. The Kier molecular flexibility index (Phi) is 4.93. The number of rotatable bonds is 4. The van der Waals surface area contributed by atoms with Gasteiger partial charge in [0.05, 0.1) is 12.1 Å². The Labute approximate surface area is 148 Å². The van der Waals surface area contributed by atoms with Gasteiger partial charge in [0.2, 0.25) is 0 Å². The summed E-state index contributed by atoms with van der Waals surface area (Å²) >= 11 is 0. The summed E-state index contributed by atoms with van der Waals surface area (Å²) in [6.07, 6.45) is 1.45. The molecule has 0 bridgehead atoms. The fourth-order valence-electron chi connectivity index (χ4n) is 2.54. The number of hydrogen-bond acceptors (Lipinski definition) is 2. The second-order valence-corrected chi connectivity index (χ2v) is 5.89. The van der Waals surface area contributed by atoms with E-state index >= 15 is 0 Å². The molecule has 3 rings (SSSR count). The summed E-state index contributed by atoms with van der Waals surface area (Å²) in [7, 11) is 0. The smallest absolute Gasteiger partial charge is 0.257 e. The highest BCUT2D eigenvalue weighted by atomic mass is 19.2. The third-order valence-corrected chi connectivity index (χ3v) is 4.03. The molecule has 0 aliphatic heterocycles. The maximum Gasteiger partial charge on any atom is 0.257 e. The van der Waals surface area contributed by atoms with Gasteiger partial charge in [-0.05, 0) is 36.2 Å². The first-order chi connectivity index (χ1) is 12.4. The van der Waals surface area contributed by atoms with E-state index in [4.69, 9.17) is 0 Å². The summed E-state index contributed by atoms with van der Waals surface area (Å²) in [5.74, 6) is -2.56. The average molecular weight is 354 g/mol. The molecule has 0 radical (unpaired) electrons. The molecular formula is C20H16F2N2O2. The van der Waals surface area contributed by atoms with Gasteiger partial charge in [0.1, 0.15) is 0 Å². The van der Waals surface area contributed by atoms with Gasteiger partial charge in [0, 0.05) is 24.0 Å². The van der Waals surface area contributed by atoms with Crippen molar-refractivity contribution in [3.8, 4) is 0 Å². The summed E-state index contributed by atoms with van der Waals surface area (Å²) in [6, 6.07) is 13.4. The molecule has 0 unspecified atom stereocenters. The van der Waals surface area contributed by atoms with Gasteiger partial charge in [0.15, 0.2) is 11.6 Å². The van der Waals surface area contributed by atoms with Crippen LogP contribution < -0.4 is 10.9 Å². The third-order valence-electron chi connectivity index (χ3n) is 4.03. The first-order valence-electron chi connectivity index (χ1n) is 7.95. The molecule has 0 aliphatic carbocycles. The molecule has 1 amide bonds. The van der Waals surface area contributed by atoms with Crippen molar-refractivity contribution < 1.29 is 13.6 Å². The van der Waals surface area contributed by atoms with Crippen LogP contribution in [-0.2, 0) is 6.54 Å². The molecule has 1 aromatic heterocycles. The Morgan fingerprint density at radius 1 is 1.04 bits per heavy atom. The molecule has 26 heavy (non-hydrogen) atoms. The summed E-state index contributed by atoms with van der Waals surface area (Å²) in [4.78, 5) is 24.4. The lowest BCUT2D eigenvalue weighted by atomic mass is 10.1. The van der Waals surface area contributed by atoms with Crippen LogP contribution in [0.15, 0.2) is 65.6 Å². The Morgan fingerprint density at radius 3 is 2.54 bits per heavy atom. The first kappa shape index (κ1) is 17.5. The van der Waals surface area contributed by atoms with Crippen molar-refractivity contribution >= 4 is 11.6 Å². The van der Waals surface area contributed by atoms with Gasteiger partial charge in [-0.3, -0.25) is 9.59 Å². The molecule has 1 N–H and O–H groups in total. The molecule has 0 aliphatic rings. The Bertz CT molecular complexity index is 1030. The Balaban J connectivity index is 1.84. The van der Waals surface area contributed by atoms with E-state index in [2.05, 4.69) is 5.32 Å². The topological polar surface area (TPSA) is 51.1 Å². The minimum Gasteiger partial charge on any atom is -0.322 e. The van der Waals surface area contributed by atoms with Crippen molar-refractivity contribution in [3.05, 3.63) is 99.5 Å². The summed E-state index contributed by atoms with van der Waals surface area (Å²) < 4.78 is 27.7. The minimum atomic E-state index is -1.05. The predicted octanol–water partition coefficient (Wildman–Crippen LogP) is 3.74. The molecule has 0 saturated heterocycles. The van der Waals surface area contributed by atoms with Crippen LogP contribution in [0.4, 0.5) is 14.5 Å². The molecule has 4 nitrogen and oxygen atoms in total. The minimum absolute atomic E-state index is 0.130. The van der Waals surface area contributed by atoms with E-state index in [-0.39, 0.29) is 16.8 Å². The van der Waals surface area contributed by atoms with Gasteiger partial charge in [-0.15, -0.1) is 0 Å². The van der Waals surface area contributed by atoms with Crippen LogP contribution in [0.3, 0.4) is 0 Å². The highest BCUT2D eigenvalue weighted by Gasteiger charge is 2.11. The van der Waals surface area contributed by atoms with Crippen LogP contribution in [-0.4, -0.2) is 10.5 Å². The maximum atomic E-state index is 13.3. The van der Waals surface area contributed by atoms with Crippen molar-refractivity contribution in [3.63, 3.8) is 0 Å². The zero-order chi connectivity index (χ0) is 18.7. The van der Waals surface area contributed by atoms with Crippen molar-refractivity contribution in [1.29, 1.82) is 0 Å². The molecule has 1 heterocycles. The van der Waals surface area contributed by atoms with E-state index in [1.165, 1.54) is 29.0 Å². The lowest BCUT2D eigenvalue weighted by Gasteiger charge is -2.11. The van der Waals surface area contributed by atoms with Crippen LogP contribution in [0.2, 0.25) is 0 Å². The molecule has 6 heteroatoms. The van der Waals surface area contributed by atoms with Gasteiger partial charge in [-0.1, -0.05) is 24.3 Å². The van der Waals surface area contributed by atoms with E-state index in [1.54, 1.807) is 0 Å². The van der Waals surface area contributed by atoms with Crippen LogP contribution in [0, 0.1) is 18.6 Å². The zero-order valence-electron chi connectivity index (χ0n) is 14.0. The number of benzene rings is 2. The molecule has 0 spiro atoms. The van der Waals surface area contributed by atoms with E-state index in [9.17, 15) is 18.4 Å². The number of carbonyl (C=O) groups is 1. The number of aryl methyl sites for hydroxylation is 1. The molecule has 0 atom stereocenters. The number of hydrogen-bond donors (Lipinski definition) is 1. The normalized spacial score (nSPS) is 10.6. The fourth-order valence-corrected chi connectivity index (χ4v) is 2.54. The van der Waals surface area contributed by atoms with Crippen molar-refractivity contribution in [1.82, 2.24) is 4.57 Å². The highest BCUT2D eigenvalue weighted by Crippen LogP contribution is 2.14. The van der Waals surface area contributed by atoms with Crippen LogP contribution in [0.1, 0.15) is 21.5 Å². The highest BCUT2D eigenvalue weighted by molar-refractivity contribution is 6.04. The van der Waals surface area contributed by atoms with Gasteiger partial charge in [0.25, 0.3) is 11.5 Å². The monoisotopic (exact) mass is 354 g/mol. The lowest BCUT2D eigenvalue weighted by molar-refractivity contribution is 0.102. The standard InChI is InChI=1S/C20H16F2N2O2/c1-13-4-2-3-5-14(13)11-24-12-15(6-9-19(24)25)20(26)23-16-7-8-17(21)18(22)10-16/h2-10,12H,11H2,1H3,(H,23,26). The number of anilines is 1. The number of carbonyl (C=O) groups excluding carboxylic acids is 1. The zero-order valence-corrected chi connectivity index (χ0v) is 14.0. The number of halogens is 2. The van der Waals surface area contributed by atoms with E-state index in [0.29, 0.717) is 6.54 Å². The number of nitrogens with one attached hydrogen (secondary N) is 1. The summed E-state index contributed by atoms with van der Waals surface area (Å²) in [5, 5.41) is 2.49. The van der Waals surface area contributed by atoms with E-state index < -0.39 is 17.5 Å². The van der Waals surface area contributed by atoms with Crippen molar-refractivity contribution in [2.45, 2.75) is 13.5 Å². The average Bonchev–Trinajstić information content (AvgIpc) is 2.62. The predicted molar refractivity (Wildman–Crippen MR) is 95.3 cm³/mol. The van der Waals surface area contributed by atoms with Gasteiger partial charge in [-0.2, -0.15) is 0 Å². The van der Waals surface area contributed by atoms with Crippen molar-refractivity contribution in [2.24, 2.45) is 0 Å². The van der Waals surface area contributed by atoms with Gasteiger partial charge < -0.3 is 9.88 Å².